The summed E-state index contributed by atoms with van der Waals surface area (Å²) in [7, 11) is 5.13. The predicted molar refractivity (Wildman–Crippen MR) is 373 cm³/mol. The van der Waals surface area contributed by atoms with E-state index >= 15 is 0 Å². The van der Waals surface area contributed by atoms with E-state index in [2.05, 4.69) is 81.1 Å². The number of nitrogens with two attached hydrogens (primary N) is 1. The number of esters is 5. The highest BCUT2D eigenvalue weighted by Crippen LogP contribution is 2.31. The van der Waals surface area contributed by atoms with Crippen molar-refractivity contribution in [1.29, 1.82) is 0 Å². The molecule has 5 aromatic carbocycles. The first-order valence-corrected chi connectivity index (χ1v) is 35.7. The molecule has 31 heteroatoms. The second-order valence-electron chi connectivity index (χ2n) is 25.0. The number of nitrogens with one attached hydrogen (secondary N) is 5. The van der Waals surface area contributed by atoms with E-state index in [-0.39, 0.29) is 60.2 Å². The molecular formula is C70H86BrN7O22Si. The van der Waals surface area contributed by atoms with E-state index in [4.69, 9.17) is 24.7 Å². The van der Waals surface area contributed by atoms with Crippen molar-refractivity contribution in [3.05, 3.63) is 177 Å². The van der Waals surface area contributed by atoms with Crippen molar-refractivity contribution in [2.45, 2.75) is 96.4 Å². The molecule has 0 bridgehead atoms. The Hall–Kier alpha value is -10.5. The molecule has 7 rings (SSSR count). The third-order valence-electron chi connectivity index (χ3n) is 14.0. The lowest BCUT2D eigenvalue weighted by Gasteiger charge is -2.28. The number of methoxy groups -OCH3 is 5. The fourth-order valence-electron chi connectivity index (χ4n) is 8.65. The van der Waals surface area contributed by atoms with E-state index in [0.717, 1.165) is 10.9 Å². The minimum atomic E-state index is -1.59. The lowest BCUT2D eigenvalue weighted by Crippen LogP contribution is -2.53. The van der Waals surface area contributed by atoms with Gasteiger partial charge in [0, 0.05) is 31.4 Å². The zero-order valence-electron chi connectivity index (χ0n) is 58.9. The molecule has 101 heavy (non-hydrogen) atoms. The van der Waals surface area contributed by atoms with E-state index < -0.39 is 96.3 Å². The summed E-state index contributed by atoms with van der Waals surface area (Å²) < 4.78 is 39.0. The Morgan fingerprint density at radius 1 is 0.495 bits per heavy atom. The van der Waals surface area contributed by atoms with Gasteiger partial charge in [-0.25, -0.2) is 48.1 Å². The van der Waals surface area contributed by atoms with E-state index in [1.54, 1.807) is 102 Å². The number of rotatable bonds is 21. The van der Waals surface area contributed by atoms with Crippen LogP contribution in [0.1, 0.15) is 142 Å². The van der Waals surface area contributed by atoms with Crippen LogP contribution in [0.2, 0.25) is 25.7 Å². The molecule has 0 saturated carbocycles. The van der Waals surface area contributed by atoms with Gasteiger partial charge in [-0.3, -0.25) is 29.3 Å². The van der Waals surface area contributed by atoms with Gasteiger partial charge in [-0.2, -0.15) is 0 Å². The number of alkyl carbamates (subject to hydrolysis) is 2. The highest BCUT2D eigenvalue weighted by atomic mass is 79.9. The van der Waals surface area contributed by atoms with Gasteiger partial charge in [-0.05, 0) is 126 Å². The van der Waals surface area contributed by atoms with Crippen molar-refractivity contribution in [2.24, 2.45) is 5.73 Å². The van der Waals surface area contributed by atoms with Crippen molar-refractivity contribution in [1.82, 2.24) is 31.5 Å². The molecule has 544 valence electrons. The minimum Gasteiger partial charge on any atom is -0.465 e. The van der Waals surface area contributed by atoms with E-state index in [9.17, 15) is 67.1 Å². The second-order valence-corrected chi connectivity index (χ2v) is 31.2. The number of carbonyl (C=O) groups excluding carboxylic acids is 14. The van der Waals surface area contributed by atoms with Crippen LogP contribution in [0.25, 0.3) is 0 Å². The molecule has 0 aromatic heterocycles. The van der Waals surface area contributed by atoms with Gasteiger partial charge in [-0.15, -0.1) is 0 Å². The number of ketones is 3. The maximum absolute atomic E-state index is 13.5. The van der Waals surface area contributed by atoms with Gasteiger partial charge in [0.2, 0.25) is 0 Å². The summed E-state index contributed by atoms with van der Waals surface area (Å²) >= 11 is 3.07. The maximum atomic E-state index is 13.5. The van der Waals surface area contributed by atoms with Crippen LogP contribution in [0.3, 0.4) is 0 Å². The highest BCUT2D eigenvalue weighted by Gasteiger charge is 2.53. The summed E-state index contributed by atoms with van der Waals surface area (Å²) in [6.07, 6.45) is -1.46. The van der Waals surface area contributed by atoms with E-state index in [1.807, 2.05) is 0 Å². The smallest absolute Gasteiger partial charge is 0.407 e. The van der Waals surface area contributed by atoms with Gasteiger partial charge in [-0.1, -0.05) is 96.2 Å². The molecule has 2 aliphatic heterocycles. The van der Waals surface area contributed by atoms with Crippen molar-refractivity contribution < 1.29 is 105 Å². The first-order chi connectivity index (χ1) is 47.3. The number of Topliss-reactive ketones (excluding diaryl/α,β-unsaturated/α-hetero) is 3. The summed E-state index contributed by atoms with van der Waals surface area (Å²) in [6.45, 7) is 18.1. The standard InChI is InChI=1S/C23H35N3O7Si.C17H21N3O6.C10H9BrO3.C10H11NO3.C10H10O3/c1-22(2,3)33-21(30)24-14-23(17-10-8-16(9-11-17)18(27)31-4)19(28)26(20(29)25-23)15-32-12-13-34(5,6)7;1-16(2,3)26-15(24)18-9-17(13(22)19-14(23)20-17)11-7-5-10(6-8-11)12(21)25-4;2*1-14-10(13)8-4-2-7(3-5-8)9(12)6-11;1-7(11)8-3-5-9(6-4-8)10(12)13-2/h8-11H,12-15H2,1-7H3,(H,24,30)(H,25,29);5-8H,9H2,1-4H3,(H,18,24)(H2,19,20,22,23);2-5H,6H2,1H3;2-5H,6,11H2,1H3;3-6H,1-2H3. The highest BCUT2D eigenvalue weighted by molar-refractivity contribution is 9.09. The maximum Gasteiger partial charge on any atom is 0.407 e. The topological polar surface area (TPSA) is 402 Å². The van der Waals surface area contributed by atoms with Crippen molar-refractivity contribution in [2.75, 3.05) is 73.9 Å². The fraction of sp³-hybridized carbons (Fsp3) is 0.371. The molecule has 5 aromatic rings. The number of hydrogen-bond acceptors (Lipinski definition) is 23. The summed E-state index contributed by atoms with van der Waals surface area (Å²) in [5.41, 5.74) is 4.97. The molecule has 2 saturated heterocycles. The monoisotopic (exact) mass is 1480 g/mol. The first kappa shape index (κ1) is 84.7. The van der Waals surface area contributed by atoms with Crippen molar-refractivity contribution in [3.63, 3.8) is 0 Å². The average molecular weight is 1490 g/mol. The van der Waals surface area contributed by atoms with Gasteiger partial charge >= 0.3 is 54.1 Å². The molecule has 2 aliphatic rings. The van der Waals surface area contributed by atoms with Gasteiger partial charge in [0.25, 0.3) is 11.8 Å². The quantitative estimate of drug-likeness (QED) is 0.00763. The van der Waals surface area contributed by atoms with Gasteiger partial charge < -0.3 is 64.9 Å². The van der Waals surface area contributed by atoms with E-state index in [1.165, 1.54) is 103 Å². The Labute approximate surface area is 594 Å². The molecular weight excluding hydrogens is 1400 g/mol. The van der Waals surface area contributed by atoms with Crippen LogP contribution in [-0.4, -0.2) is 181 Å². The number of nitrogens with zero attached hydrogens (tertiary/aromatic N) is 1. The lowest BCUT2D eigenvalue weighted by molar-refractivity contribution is -0.135. The third-order valence-corrected chi connectivity index (χ3v) is 16.2. The number of hydrogen-bond donors (Lipinski definition) is 6. The first-order valence-electron chi connectivity index (χ1n) is 30.8. The fourth-order valence-corrected chi connectivity index (χ4v) is 9.73. The van der Waals surface area contributed by atoms with Crippen LogP contribution in [0.15, 0.2) is 121 Å². The van der Waals surface area contributed by atoms with Gasteiger partial charge in [0.15, 0.2) is 28.4 Å². The van der Waals surface area contributed by atoms with Crippen LogP contribution in [0.5, 0.6) is 0 Å². The molecule has 29 nitrogen and oxygen atoms in total. The Balaban J connectivity index is 0.000000348. The molecule has 0 aliphatic carbocycles. The van der Waals surface area contributed by atoms with Crippen LogP contribution in [-0.2, 0) is 58.6 Å². The number of ether oxygens (including phenoxy) is 8. The number of benzene rings is 5. The Morgan fingerprint density at radius 3 is 1.13 bits per heavy atom. The molecule has 8 amide bonds. The summed E-state index contributed by atoms with van der Waals surface area (Å²) in [6, 6.07) is 30.5. The lowest BCUT2D eigenvalue weighted by atomic mass is 9.89. The Bertz CT molecular complexity index is 3640. The molecule has 2 fully saturated rings. The second kappa shape index (κ2) is 38.7. The number of urea groups is 2. The summed E-state index contributed by atoms with van der Waals surface area (Å²) in [4.78, 5) is 165. The zero-order chi connectivity index (χ0) is 76.2. The van der Waals surface area contributed by atoms with Crippen LogP contribution < -0.4 is 32.3 Å². The summed E-state index contributed by atoms with van der Waals surface area (Å²) in [5, 5.41) is 12.7. The summed E-state index contributed by atoms with van der Waals surface area (Å²) in [5.74, 6) is -3.66. The number of carbonyl (C=O) groups is 14. The zero-order valence-corrected chi connectivity index (χ0v) is 61.5. The normalized spacial score (nSPS) is 15.1. The molecule has 2 atom stereocenters. The number of alkyl halides is 1. The van der Waals surface area contributed by atoms with Crippen molar-refractivity contribution >= 4 is 107 Å². The Morgan fingerprint density at radius 2 is 0.822 bits per heavy atom. The largest absolute Gasteiger partial charge is 0.465 e. The number of halogens is 1. The molecule has 2 heterocycles. The molecule has 7 N–H and O–H groups in total. The van der Waals surface area contributed by atoms with Crippen LogP contribution in [0.4, 0.5) is 19.2 Å². The molecule has 0 spiro atoms. The molecule has 0 radical (unpaired) electrons. The van der Waals surface area contributed by atoms with Crippen LogP contribution >= 0.6 is 15.9 Å². The van der Waals surface area contributed by atoms with Gasteiger partial charge in [0.1, 0.15) is 17.9 Å². The SMILES string of the molecule is COC(=O)c1ccc(C(=O)CBr)cc1.COC(=O)c1ccc(C(=O)CN)cc1.COC(=O)c1ccc(C(C)=O)cc1.COC(=O)c1ccc(C2(CNC(=O)OC(C)(C)C)NC(=O)N(COCC[Si](C)(C)C)C2=O)cc1.COC(=O)c1ccc(C2(CNC(=O)OC(C)(C)C)NC(=O)NC2=O)cc1. The number of imide groups is 2. The third kappa shape index (κ3) is 26.3. The predicted octanol–water partition coefficient (Wildman–Crippen LogP) is 8.43. The average Bonchev–Trinajstić information content (AvgIpc) is 1.63. The van der Waals surface area contributed by atoms with E-state index in [0.29, 0.717) is 51.1 Å². The number of amides is 8. The van der Waals surface area contributed by atoms with Crippen molar-refractivity contribution in [3.8, 4) is 0 Å². The minimum absolute atomic E-state index is 0.0126. The van der Waals surface area contributed by atoms with Gasteiger partial charge in [0.05, 0.1) is 88.3 Å². The molecule has 2 unspecified atom stereocenters. The van der Waals surface area contributed by atoms with Crippen LogP contribution in [0, 0.1) is 0 Å². The Kier molecular flexibility index (Phi) is 32.5.